The Hall–Kier alpha value is -3.46. The smallest absolute Gasteiger partial charge is 0.269 e. The number of carbonyl (C=O) groups excluding carboxylic acids is 1. The van der Waals surface area contributed by atoms with E-state index in [9.17, 15) is 14.9 Å². The summed E-state index contributed by atoms with van der Waals surface area (Å²) in [6.45, 7) is 1.75. The first kappa shape index (κ1) is 20.6. The van der Waals surface area contributed by atoms with Crippen LogP contribution in [0.2, 0.25) is 0 Å². The minimum absolute atomic E-state index is 0. The Bertz CT molecular complexity index is 843. The maximum Gasteiger partial charge on any atom is 0.269 e. The predicted molar refractivity (Wildman–Crippen MR) is 103 cm³/mol. The number of hydrogen-bond donors (Lipinski definition) is 3. The van der Waals surface area contributed by atoms with E-state index < -0.39 is 4.92 Å². The van der Waals surface area contributed by atoms with Crippen LogP contribution in [0.1, 0.15) is 22.8 Å². The molecule has 0 saturated carbocycles. The number of carbonyl (C=O) groups is 1. The topological polar surface area (TPSA) is 149 Å². The molecular weight excluding hydrogens is 360 g/mol. The van der Waals surface area contributed by atoms with Crippen LogP contribution in [0, 0.1) is 10.1 Å². The third-order valence-corrected chi connectivity index (χ3v) is 3.22. The molecule has 26 heavy (non-hydrogen) atoms. The van der Waals surface area contributed by atoms with E-state index in [0.717, 1.165) is 5.56 Å². The number of nitro benzene ring substituents is 1. The number of nitrogens with one attached hydrogen (secondary N) is 1. The molecule has 0 radical (unpaired) electrons. The second-order valence-electron chi connectivity index (χ2n) is 5.05. The monoisotopic (exact) mass is 376 g/mol. The summed E-state index contributed by atoms with van der Waals surface area (Å²) in [6.07, 6.45) is 0. The zero-order valence-electron chi connectivity index (χ0n) is 13.7. The van der Waals surface area contributed by atoms with E-state index in [2.05, 4.69) is 15.5 Å². The van der Waals surface area contributed by atoms with Gasteiger partial charge in [-0.1, -0.05) is 12.1 Å². The van der Waals surface area contributed by atoms with Crippen molar-refractivity contribution in [3.05, 3.63) is 69.8 Å². The summed E-state index contributed by atoms with van der Waals surface area (Å²) < 4.78 is 0. The Morgan fingerprint density at radius 3 is 2.04 bits per heavy atom. The van der Waals surface area contributed by atoms with Crippen molar-refractivity contribution in [1.82, 2.24) is 0 Å². The second-order valence-corrected chi connectivity index (χ2v) is 5.05. The van der Waals surface area contributed by atoms with Gasteiger partial charge in [-0.25, -0.2) is 0 Å². The van der Waals surface area contributed by atoms with Crippen LogP contribution in [0.15, 0.2) is 58.7 Å². The average Bonchev–Trinajstić information content (AvgIpc) is 2.60. The molecule has 0 aromatic heterocycles. The molecule has 0 fully saturated rings. The molecule has 0 heterocycles. The molecule has 10 heteroatoms. The zero-order chi connectivity index (χ0) is 18.4. The van der Waals surface area contributed by atoms with Crippen LogP contribution in [0.3, 0.4) is 0 Å². The van der Waals surface area contributed by atoms with Gasteiger partial charge in [0.05, 0.1) is 10.6 Å². The summed E-state index contributed by atoms with van der Waals surface area (Å²) >= 11 is 0. The molecule has 2 aromatic rings. The van der Waals surface area contributed by atoms with Gasteiger partial charge in [0.2, 0.25) is 5.96 Å². The summed E-state index contributed by atoms with van der Waals surface area (Å²) in [5.41, 5.74) is 12.7. The van der Waals surface area contributed by atoms with Crippen LogP contribution >= 0.6 is 12.4 Å². The Morgan fingerprint density at radius 2 is 1.54 bits per heavy atom. The summed E-state index contributed by atoms with van der Waals surface area (Å²) in [6, 6.07) is 12.3. The molecule has 0 aliphatic heterocycles. The van der Waals surface area contributed by atoms with Crippen LogP contribution in [0.5, 0.6) is 0 Å². The molecule has 0 spiro atoms. The molecule has 0 aliphatic carbocycles. The lowest BCUT2D eigenvalue weighted by molar-refractivity contribution is -0.384. The molecule has 2 aromatic carbocycles. The summed E-state index contributed by atoms with van der Waals surface area (Å²) in [7, 11) is 0. The fraction of sp³-hybridized carbons (Fsp3) is 0.0625. The van der Waals surface area contributed by atoms with Crippen LogP contribution in [-0.4, -0.2) is 22.5 Å². The van der Waals surface area contributed by atoms with Gasteiger partial charge in [-0.2, -0.15) is 5.10 Å². The molecule has 0 unspecified atom stereocenters. The summed E-state index contributed by atoms with van der Waals surface area (Å²) in [5, 5.41) is 20.8. The fourth-order valence-electron chi connectivity index (χ4n) is 1.92. The highest BCUT2D eigenvalue weighted by atomic mass is 35.5. The summed E-state index contributed by atoms with van der Waals surface area (Å²) in [4.78, 5) is 22.2. The van der Waals surface area contributed by atoms with Crippen LogP contribution in [0.25, 0.3) is 0 Å². The van der Waals surface area contributed by atoms with E-state index in [1.54, 1.807) is 31.2 Å². The van der Waals surface area contributed by atoms with Crippen molar-refractivity contribution in [1.29, 1.82) is 0 Å². The minimum atomic E-state index is -0.521. The normalized spacial score (nSPS) is 10.4. The number of non-ortho nitro benzene ring substituents is 1. The molecule has 9 nitrogen and oxygen atoms in total. The molecule has 0 atom stereocenters. The highest BCUT2D eigenvalue weighted by molar-refractivity contribution is 6.05. The van der Waals surface area contributed by atoms with Gasteiger partial charge in [0.15, 0.2) is 0 Å². The van der Waals surface area contributed by atoms with Crippen molar-refractivity contribution in [3.63, 3.8) is 0 Å². The number of benzene rings is 2. The Morgan fingerprint density at radius 1 is 1.00 bits per heavy atom. The van der Waals surface area contributed by atoms with E-state index >= 15 is 0 Å². The first-order chi connectivity index (χ1) is 11.9. The number of nitrogens with two attached hydrogens (primary N) is 2. The van der Waals surface area contributed by atoms with Crippen molar-refractivity contribution >= 4 is 41.4 Å². The predicted octanol–water partition coefficient (Wildman–Crippen LogP) is 2.27. The van der Waals surface area contributed by atoms with Gasteiger partial charge in [-0.05, 0) is 36.8 Å². The maximum atomic E-state index is 12.1. The van der Waals surface area contributed by atoms with Gasteiger partial charge in [-0.15, -0.1) is 17.5 Å². The van der Waals surface area contributed by atoms with Crippen molar-refractivity contribution in [2.24, 2.45) is 21.7 Å². The number of halogens is 1. The third kappa shape index (κ3) is 5.56. The first-order valence-electron chi connectivity index (χ1n) is 7.16. The Balaban J connectivity index is 0.00000338. The minimum Gasteiger partial charge on any atom is -0.369 e. The van der Waals surface area contributed by atoms with Gasteiger partial charge in [0.25, 0.3) is 11.6 Å². The molecule has 0 saturated heterocycles. The van der Waals surface area contributed by atoms with E-state index in [1.807, 2.05) is 0 Å². The van der Waals surface area contributed by atoms with Crippen molar-refractivity contribution in [3.8, 4) is 0 Å². The number of hydrogen-bond acceptors (Lipinski definition) is 5. The molecule has 136 valence electrons. The van der Waals surface area contributed by atoms with Crippen LogP contribution < -0.4 is 16.8 Å². The average molecular weight is 377 g/mol. The standard InChI is InChI=1S/C16H16N6O3.ClH/c1-10(20-21-16(17)18)11-2-6-13(7-3-11)19-15(23)12-4-8-14(9-5-12)22(24)25;/h2-9H,1H3,(H,19,23)(H4,17,18,21);1H/b20-10-;. The lowest BCUT2D eigenvalue weighted by atomic mass is 10.1. The maximum absolute atomic E-state index is 12.1. The number of rotatable bonds is 5. The quantitative estimate of drug-likeness (QED) is 0.316. The van der Waals surface area contributed by atoms with E-state index in [-0.39, 0.29) is 30.0 Å². The van der Waals surface area contributed by atoms with Crippen molar-refractivity contribution < 1.29 is 9.72 Å². The molecule has 0 aliphatic rings. The van der Waals surface area contributed by atoms with Gasteiger partial charge in [0, 0.05) is 23.4 Å². The zero-order valence-corrected chi connectivity index (χ0v) is 14.6. The van der Waals surface area contributed by atoms with Crippen LogP contribution in [0.4, 0.5) is 11.4 Å². The van der Waals surface area contributed by atoms with Gasteiger partial charge < -0.3 is 16.8 Å². The largest absolute Gasteiger partial charge is 0.369 e. The number of nitro groups is 1. The van der Waals surface area contributed by atoms with E-state index in [1.165, 1.54) is 24.3 Å². The molecule has 2 rings (SSSR count). The van der Waals surface area contributed by atoms with Crippen molar-refractivity contribution in [2.45, 2.75) is 6.92 Å². The number of anilines is 1. The Labute approximate surface area is 155 Å². The number of amides is 1. The SMILES string of the molecule is C/C(=N/N=C(N)N)c1ccc(NC(=O)c2ccc([N+](=O)[O-])cc2)cc1.Cl. The lowest BCUT2D eigenvalue weighted by Crippen LogP contribution is -2.22. The lowest BCUT2D eigenvalue weighted by Gasteiger charge is -2.06. The van der Waals surface area contributed by atoms with Crippen molar-refractivity contribution in [2.75, 3.05) is 5.32 Å². The third-order valence-electron chi connectivity index (χ3n) is 3.22. The van der Waals surface area contributed by atoms with Gasteiger partial charge in [-0.3, -0.25) is 14.9 Å². The number of guanidine groups is 1. The van der Waals surface area contributed by atoms with E-state index in [0.29, 0.717) is 17.0 Å². The molecule has 5 N–H and O–H groups in total. The highest BCUT2D eigenvalue weighted by Crippen LogP contribution is 2.15. The Kier molecular flexibility index (Phi) is 7.23. The van der Waals surface area contributed by atoms with Gasteiger partial charge >= 0.3 is 0 Å². The highest BCUT2D eigenvalue weighted by Gasteiger charge is 2.09. The number of nitrogens with zero attached hydrogens (tertiary/aromatic N) is 3. The molecule has 0 bridgehead atoms. The first-order valence-corrected chi connectivity index (χ1v) is 7.16. The summed E-state index contributed by atoms with van der Waals surface area (Å²) in [5.74, 6) is -0.500. The molecule has 1 amide bonds. The van der Waals surface area contributed by atoms with Crippen LogP contribution in [-0.2, 0) is 0 Å². The molecular formula is C16H17ClN6O3. The fourth-order valence-corrected chi connectivity index (χ4v) is 1.92. The van der Waals surface area contributed by atoms with Gasteiger partial charge in [0.1, 0.15) is 0 Å². The second kappa shape index (κ2) is 9.14. The van der Waals surface area contributed by atoms with E-state index in [4.69, 9.17) is 11.5 Å².